The van der Waals surface area contributed by atoms with Gasteiger partial charge < -0.3 is 16.0 Å². The third-order valence-corrected chi connectivity index (χ3v) is 6.38. The SMILES string of the molecule is CN(C)C(=O)c1c(N)ccc(-c2cnc3c(c2Cl)C2(CCC(=CC#N)C2)CN3)c1F. The lowest BCUT2D eigenvalue weighted by Crippen LogP contribution is -2.25. The molecule has 1 amide bonds. The third-order valence-electron chi connectivity index (χ3n) is 5.98. The lowest BCUT2D eigenvalue weighted by atomic mass is 9.80. The van der Waals surface area contributed by atoms with Gasteiger partial charge in [0.2, 0.25) is 0 Å². The number of nitrogens with one attached hydrogen (secondary N) is 1. The zero-order chi connectivity index (χ0) is 21.6. The van der Waals surface area contributed by atoms with Crippen LogP contribution < -0.4 is 11.1 Å². The summed E-state index contributed by atoms with van der Waals surface area (Å²) in [6, 6.07) is 5.14. The van der Waals surface area contributed by atoms with Gasteiger partial charge in [-0.05, 0) is 31.4 Å². The molecule has 0 saturated heterocycles. The van der Waals surface area contributed by atoms with Crippen LogP contribution in [0.1, 0.15) is 35.2 Å². The zero-order valence-electron chi connectivity index (χ0n) is 16.7. The predicted molar refractivity (Wildman–Crippen MR) is 115 cm³/mol. The standard InChI is InChI=1S/C22H21ClFN5O/c1-29(2)21(30)16-15(26)4-3-13(19(16)24)14-10-27-20-17(18(14)23)22(11-28-20)7-5-12(9-22)6-8-25/h3-4,6,10H,5,7,9,11,26H2,1-2H3,(H,27,28). The summed E-state index contributed by atoms with van der Waals surface area (Å²) in [5.41, 5.74) is 8.04. The second-order valence-corrected chi connectivity index (χ2v) is 8.42. The van der Waals surface area contributed by atoms with Gasteiger partial charge in [-0.2, -0.15) is 5.26 Å². The lowest BCUT2D eigenvalue weighted by Gasteiger charge is -2.24. The van der Waals surface area contributed by atoms with Crippen LogP contribution in [0.5, 0.6) is 0 Å². The van der Waals surface area contributed by atoms with Gasteiger partial charge in [0.15, 0.2) is 0 Å². The quantitative estimate of drug-likeness (QED) is 0.557. The number of carbonyl (C=O) groups is 1. The first-order valence-corrected chi connectivity index (χ1v) is 9.97. The van der Waals surface area contributed by atoms with E-state index in [9.17, 15) is 4.79 Å². The maximum Gasteiger partial charge on any atom is 0.258 e. The minimum Gasteiger partial charge on any atom is -0.398 e. The van der Waals surface area contributed by atoms with Crippen molar-refractivity contribution in [1.29, 1.82) is 5.26 Å². The van der Waals surface area contributed by atoms with E-state index in [-0.39, 0.29) is 22.2 Å². The number of amides is 1. The minimum atomic E-state index is -0.714. The van der Waals surface area contributed by atoms with Crippen LogP contribution in [0.15, 0.2) is 30.0 Å². The van der Waals surface area contributed by atoms with Crippen molar-refractivity contribution in [3.8, 4) is 17.2 Å². The highest BCUT2D eigenvalue weighted by molar-refractivity contribution is 6.34. The Kier molecular flexibility index (Phi) is 4.91. The predicted octanol–water partition coefficient (Wildman–Crippen LogP) is 4.12. The summed E-state index contributed by atoms with van der Waals surface area (Å²) in [7, 11) is 3.08. The molecule has 2 aliphatic rings. The summed E-state index contributed by atoms with van der Waals surface area (Å²) in [5.74, 6) is -0.548. The molecule has 1 aliphatic heterocycles. The summed E-state index contributed by atoms with van der Waals surface area (Å²) in [5, 5.41) is 12.7. The number of nitriles is 1. The molecule has 2 aromatic rings. The second kappa shape index (κ2) is 7.29. The fourth-order valence-corrected chi connectivity index (χ4v) is 4.91. The van der Waals surface area contributed by atoms with E-state index in [1.165, 1.54) is 23.2 Å². The molecular formula is C22H21ClFN5O. The van der Waals surface area contributed by atoms with Gasteiger partial charge in [-0.3, -0.25) is 4.79 Å². The molecule has 154 valence electrons. The first kappa shape index (κ1) is 20.2. The number of nitrogen functional groups attached to an aromatic ring is 1. The Balaban J connectivity index is 1.86. The van der Waals surface area contributed by atoms with Crippen molar-refractivity contribution in [2.24, 2.45) is 0 Å². The van der Waals surface area contributed by atoms with E-state index >= 15 is 4.39 Å². The number of hydrogen-bond acceptors (Lipinski definition) is 5. The molecule has 3 N–H and O–H groups in total. The molecular weight excluding hydrogens is 405 g/mol. The molecule has 8 heteroatoms. The van der Waals surface area contributed by atoms with Crippen LogP contribution in [0.3, 0.4) is 0 Å². The number of pyridine rings is 1. The second-order valence-electron chi connectivity index (χ2n) is 8.04. The summed E-state index contributed by atoms with van der Waals surface area (Å²) >= 11 is 6.83. The van der Waals surface area contributed by atoms with Crippen molar-refractivity contribution in [3.05, 3.63) is 51.9 Å². The molecule has 1 spiro atoms. The number of anilines is 2. The molecule has 1 aliphatic carbocycles. The largest absolute Gasteiger partial charge is 0.398 e. The number of nitrogens with two attached hydrogens (primary N) is 1. The molecule has 1 aromatic heterocycles. The fraction of sp³-hybridized carbons (Fsp3) is 0.318. The van der Waals surface area contributed by atoms with E-state index in [1.54, 1.807) is 20.2 Å². The Hall–Kier alpha value is -3.11. The van der Waals surface area contributed by atoms with Crippen LogP contribution in [-0.4, -0.2) is 36.4 Å². The average Bonchev–Trinajstić information content (AvgIpc) is 3.28. The van der Waals surface area contributed by atoms with Crippen LogP contribution in [0.4, 0.5) is 15.9 Å². The topological polar surface area (TPSA) is 95.0 Å². The van der Waals surface area contributed by atoms with Gasteiger partial charge in [0, 0.05) is 60.7 Å². The number of halogens is 2. The zero-order valence-corrected chi connectivity index (χ0v) is 17.5. The van der Waals surface area contributed by atoms with Gasteiger partial charge in [-0.15, -0.1) is 0 Å². The summed E-state index contributed by atoms with van der Waals surface area (Å²) in [4.78, 5) is 18.2. The van der Waals surface area contributed by atoms with Crippen molar-refractivity contribution < 1.29 is 9.18 Å². The van der Waals surface area contributed by atoms with Crippen molar-refractivity contribution >= 4 is 29.0 Å². The number of benzene rings is 1. The Morgan fingerprint density at radius 2 is 2.20 bits per heavy atom. The molecule has 4 rings (SSSR count). The highest BCUT2D eigenvalue weighted by atomic mass is 35.5. The van der Waals surface area contributed by atoms with E-state index in [0.717, 1.165) is 24.0 Å². The number of aromatic nitrogens is 1. The van der Waals surface area contributed by atoms with Gasteiger partial charge >= 0.3 is 0 Å². The number of rotatable bonds is 2. The number of fused-ring (bicyclic) bond motifs is 2. The molecule has 1 atom stereocenters. The highest BCUT2D eigenvalue weighted by Gasteiger charge is 2.46. The molecule has 0 bridgehead atoms. The molecule has 1 saturated carbocycles. The van der Waals surface area contributed by atoms with E-state index in [1.807, 2.05) is 0 Å². The van der Waals surface area contributed by atoms with Crippen molar-refractivity contribution in [2.45, 2.75) is 24.7 Å². The van der Waals surface area contributed by atoms with Crippen LogP contribution in [-0.2, 0) is 5.41 Å². The summed E-state index contributed by atoms with van der Waals surface area (Å²) < 4.78 is 15.4. The van der Waals surface area contributed by atoms with Crippen LogP contribution in [0.25, 0.3) is 11.1 Å². The Bertz CT molecular complexity index is 1140. The van der Waals surface area contributed by atoms with E-state index in [0.29, 0.717) is 29.4 Å². The molecule has 6 nitrogen and oxygen atoms in total. The third kappa shape index (κ3) is 2.99. The normalized spacial score (nSPS) is 20.8. The fourth-order valence-electron chi connectivity index (χ4n) is 4.47. The number of allylic oxidation sites excluding steroid dienone is 2. The van der Waals surface area contributed by atoms with E-state index in [2.05, 4.69) is 16.4 Å². The average molecular weight is 426 g/mol. The van der Waals surface area contributed by atoms with Gasteiger partial charge in [0.1, 0.15) is 11.6 Å². The van der Waals surface area contributed by atoms with Crippen LogP contribution in [0.2, 0.25) is 5.02 Å². The molecule has 1 fully saturated rings. The highest BCUT2D eigenvalue weighted by Crippen LogP contribution is 2.53. The number of hydrogen-bond donors (Lipinski definition) is 2. The molecule has 1 aromatic carbocycles. The van der Waals surface area contributed by atoms with Crippen molar-refractivity contribution in [1.82, 2.24) is 9.88 Å². The summed E-state index contributed by atoms with van der Waals surface area (Å²) in [6.45, 7) is 0.663. The van der Waals surface area contributed by atoms with E-state index in [4.69, 9.17) is 22.6 Å². The number of carbonyl (C=O) groups excluding carboxylic acids is 1. The first-order valence-electron chi connectivity index (χ1n) is 9.59. The van der Waals surface area contributed by atoms with Gasteiger partial charge in [0.25, 0.3) is 5.91 Å². The van der Waals surface area contributed by atoms with Gasteiger partial charge in [-0.25, -0.2) is 9.37 Å². The van der Waals surface area contributed by atoms with Crippen LogP contribution in [0, 0.1) is 17.1 Å². The Morgan fingerprint density at radius 3 is 2.90 bits per heavy atom. The van der Waals surface area contributed by atoms with E-state index < -0.39 is 11.7 Å². The van der Waals surface area contributed by atoms with Gasteiger partial charge in [-0.1, -0.05) is 17.2 Å². The smallest absolute Gasteiger partial charge is 0.258 e. The lowest BCUT2D eigenvalue weighted by molar-refractivity contribution is 0.0824. The first-order chi connectivity index (χ1) is 14.3. The summed E-state index contributed by atoms with van der Waals surface area (Å²) in [6.07, 6.45) is 5.47. The molecule has 2 heterocycles. The molecule has 0 radical (unpaired) electrons. The molecule has 1 unspecified atom stereocenters. The minimum absolute atomic E-state index is 0.0698. The van der Waals surface area contributed by atoms with Crippen LogP contribution >= 0.6 is 11.6 Å². The maximum absolute atomic E-state index is 15.4. The molecule has 30 heavy (non-hydrogen) atoms. The van der Waals surface area contributed by atoms with Crippen molar-refractivity contribution in [3.63, 3.8) is 0 Å². The van der Waals surface area contributed by atoms with Crippen molar-refractivity contribution in [2.75, 3.05) is 31.7 Å². The monoisotopic (exact) mass is 425 g/mol. The Labute approximate surface area is 179 Å². The number of nitrogens with zero attached hydrogens (tertiary/aromatic N) is 3. The van der Waals surface area contributed by atoms with Gasteiger partial charge in [0.05, 0.1) is 16.7 Å². The Morgan fingerprint density at radius 1 is 1.43 bits per heavy atom. The maximum atomic E-state index is 15.4.